The van der Waals surface area contributed by atoms with Crippen molar-refractivity contribution >= 4 is 29.3 Å². The molecule has 0 aliphatic carbocycles. The number of anilines is 2. The van der Waals surface area contributed by atoms with Gasteiger partial charge in [0.25, 0.3) is 5.91 Å². The second kappa shape index (κ2) is 12.7. The molecule has 7 nitrogen and oxygen atoms in total. The fraction of sp³-hybridized carbons (Fsp3) is 0.152. The summed E-state index contributed by atoms with van der Waals surface area (Å²) in [5, 5.41) is 2.85. The number of amides is 2. The zero-order chi connectivity index (χ0) is 27.7. The van der Waals surface area contributed by atoms with Crippen LogP contribution < -0.4 is 24.4 Å². The highest BCUT2D eigenvalue weighted by Crippen LogP contribution is 2.34. The first kappa shape index (κ1) is 26.6. The molecule has 0 radical (unpaired) electrons. The third kappa shape index (κ3) is 7.08. The summed E-state index contributed by atoms with van der Waals surface area (Å²) in [4.78, 5) is 26.7. The molecular formula is C33H30N2O5. The first-order valence-corrected chi connectivity index (χ1v) is 13.1. The Bertz CT molecular complexity index is 1480. The summed E-state index contributed by atoms with van der Waals surface area (Å²) in [6, 6.07) is 30.5. The minimum absolute atomic E-state index is 0.0696. The topological polar surface area (TPSA) is 77.1 Å². The van der Waals surface area contributed by atoms with Gasteiger partial charge in [0, 0.05) is 17.8 Å². The van der Waals surface area contributed by atoms with E-state index in [1.54, 1.807) is 29.2 Å². The van der Waals surface area contributed by atoms with Crippen LogP contribution in [0.3, 0.4) is 0 Å². The molecule has 0 saturated heterocycles. The van der Waals surface area contributed by atoms with E-state index < -0.39 is 0 Å². The molecule has 0 unspecified atom stereocenters. The Balaban J connectivity index is 1.14. The second-order valence-electron chi connectivity index (χ2n) is 9.34. The zero-order valence-electron chi connectivity index (χ0n) is 22.2. The van der Waals surface area contributed by atoms with Crippen LogP contribution in [0, 0.1) is 6.92 Å². The van der Waals surface area contributed by atoms with Crippen LogP contribution >= 0.6 is 0 Å². The summed E-state index contributed by atoms with van der Waals surface area (Å²) in [5.41, 5.74) is 4.34. The van der Waals surface area contributed by atoms with Crippen LogP contribution in [0.25, 0.3) is 6.08 Å². The van der Waals surface area contributed by atoms with Gasteiger partial charge in [0.05, 0.1) is 12.2 Å². The van der Waals surface area contributed by atoms with Gasteiger partial charge in [-0.1, -0.05) is 60.2 Å². The highest BCUT2D eigenvalue weighted by molar-refractivity contribution is 6.03. The first-order chi connectivity index (χ1) is 19.5. The molecule has 1 N–H and O–H groups in total. The van der Waals surface area contributed by atoms with Crippen LogP contribution in [0.4, 0.5) is 11.4 Å². The van der Waals surface area contributed by atoms with E-state index in [-0.39, 0.29) is 18.4 Å². The quantitative estimate of drug-likeness (QED) is 0.252. The van der Waals surface area contributed by atoms with Crippen molar-refractivity contribution in [3.8, 4) is 17.2 Å². The molecule has 1 aliphatic rings. The molecule has 1 aliphatic heterocycles. The van der Waals surface area contributed by atoms with Crippen molar-refractivity contribution in [2.75, 3.05) is 30.0 Å². The van der Waals surface area contributed by atoms with E-state index in [1.165, 1.54) is 6.08 Å². The van der Waals surface area contributed by atoms with Crippen molar-refractivity contribution in [2.45, 2.75) is 13.5 Å². The van der Waals surface area contributed by atoms with Gasteiger partial charge in [0.15, 0.2) is 6.61 Å². The first-order valence-electron chi connectivity index (χ1n) is 13.1. The Morgan fingerprint density at radius 1 is 0.925 bits per heavy atom. The molecule has 0 atom stereocenters. The maximum atomic E-state index is 12.5. The number of rotatable bonds is 10. The minimum atomic E-state index is -0.278. The third-order valence-electron chi connectivity index (χ3n) is 6.33. The summed E-state index contributed by atoms with van der Waals surface area (Å²) < 4.78 is 17.2. The average Bonchev–Trinajstić information content (AvgIpc) is 2.98. The summed E-state index contributed by atoms with van der Waals surface area (Å²) in [6.07, 6.45) is 3.21. The number of carbonyl (C=O) groups is 2. The Morgan fingerprint density at radius 2 is 1.65 bits per heavy atom. The summed E-state index contributed by atoms with van der Waals surface area (Å²) in [5.74, 6) is 1.62. The van der Waals surface area contributed by atoms with E-state index in [2.05, 4.69) is 5.32 Å². The van der Waals surface area contributed by atoms with Gasteiger partial charge in [-0.05, 0) is 60.5 Å². The Kier molecular flexibility index (Phi) is 8.41. The number of hydrogen-bond donors (Lipinski definition) is 1. The summed E-state index contributed by atoms with van der Waals surface area (Å²) in [6.45, 7) is 3.17. The Morgan fingerprint density at radius 3 is 2.42 bits per heavy atom. The van der Waals surface area contributed by atoms with E-state index in [1.807, 2.05) is 85.8 Å². The van der Waals surface area contributed by atoms with E-state index in [9.17, 15) is 9.59 Å². The number of benzene rings is 4. The lowest BCUT2D eigenvalue weighted by Crippen LogP contribution is -2.41. The van der Waals surface area contributed by atoms with Gasteiger partial charge in [-0.3, -0.25) is 9.59 Å². The number of carbonyl (C=O) groups excluding carboxylic acids is 2. The van der Waals surface area contributed by atoms with Gasteiger partial charge in [0.1, 0.15) is 30.5 Å². The number of aryl methyl sites for hydroxylation is 1. The fourth-order valence-electron chi connectivity index (χ4n) is 4.19. The lowest BCUT2D eigenvalue weighted by molar-refractivity contribution is -0.121. The van der Waals surface area contributed by atoms with E-state index in [0.29, 0.717) is 36.9 Å². The minimum Gasteiger partial charge on any atom is -0.492 e. The number of ether oxygens (including phenoxy) is 3. The highest BCUT2D eigenvalue weighted by atomic mass is 16.5. The van der Waals surface area contributed by atoms with Crippen molar-refractivity contribution in [1.29, 1.82) is 0 Å². The Labute approximate surface area is 233 Å². The van der Waals surface area contributed by atoms with Gasteiger partial charge in [-0.25, -0.2) is 0 Å². The molecule has 0 spiro atoms. The number of nitrogens with zero attached hydrogens (tertiary/aromatic N) is 1. The van der Waals surface area contributed by atoms with Crippen molar-refractivity contribution in [3.63, 3.8) is 0 Å². The molecule has 40 heavy (non-hydrogen) atoms. The lowest BCUT2D eigenvalue weighted by atomic mass is 10.2. The highest BCUT2D eigenvalue weighted by Gasteiger charge is 2.25. The van der Waals surface area contributed by atoms with E-state index in [0.717, 1.165) is 28.2 Å². The maximum Gasteiger partial charge on any atom is 0.265 e. The summed E-state index contributed by atoms with van der Waals surface area (Å²) in [7, 11) is 0. The molecule has 202 valence electrons. The predicted octanol–water partition coefficient (Wildman–Crippen LogP) is 6.03. The molecule has 4 aromatic rings. The molecule has 0 fully saturated rings. The van der Waals surface area contributed by atoms with Gasteiger partial charge in [0.2, 0.25) is 5.91 Å². The number of hydrogen-bond acceptors (Lipinski definition) is 5. The van der Waals surface area contributed by atoms with Crippen LogP contribution in [0.2, 0.25) is 0 Å². The Hall–Kier alpha value is -5.04. The van der Waals surface area contributed by atoms with Crippen molar-refractivity contribution < 1.29 is 23.8 Å². The van der Waals surface area contributed by atoms with Crippen LogP contribution in [-0.2, 0) is 16.2 Å². The van der Waals surface area contributed by atoms with Crippen LogP contribution in [-0.4, -0.2) is 31.6 Å². The predicted molar refractivity (Wildman–Crippen MR) is 156 cm³/mol. The molecule has 0 saturated carbocycles. The molecular weight excluding hydrogens is 504 g/mol. The zero-order valence-corrected chi connectivity index (χ0v) is 22.2. The third-order valence-corrected chi connectivity index (χ3v) is 6.33. The fourth-order valence-corrected chi connectivity index (χ4v) is 4.19. The SMILES string of the molecule is Cc1ccc(OCCN2C(=O)COc3cc(NC(=O)/C=C/c4ccc(OCc5ccccc5)cc4)ccc32)cc1. The monoisotopic (exact) mass is 534 g/mol. The normalized spacial score (nSPS) is 12.5. The van der Waals surface area contributed by atoms with Crippen molar-refractivity contribution in [2.24, 2.45) is 0 Å². The van der Waals surface area contributed by atoms with Gasteiger partial charge >= 0.3 is 0 Å². The molecule has 1 heterocycles. The van der Waals surface area contributed by atoms with E-state index >= 15 is 0 Å². The molecule has 0 bridgehead atoms. The lowest BCUT2D eigenvalue weighted by Gasteiger charge is -2.29. The number of nitrogens with one attached hydrogen (secondary N) is 1. The smallest absolute Gasteiger partial charge is 0.265 e. The van der Waals surface area contributed by atoms with Gasteiger partial charge < -0.3 is 24.4 Å². The molecule has 4 aromatic carbocycles. The standard InChI is InChI=1S/C33H30N2O5/c1-24-7-13-28(14-8-24)38-20-19-35-30-17-12-27(21-31(30)40-23-33(35)37)34-32(36)18-11-25-9-15-29(16-10-25)39-22-26-5-3-2-4-6-26/h2-18,21H,19-20,22-23H2,1H3,(H,34,36)/b18-11+. The number of fused-ring (bicyclic) bond motifs is 1. The van der Waals surface area contributed by atoms with Crippen LogP contribution in [0.5, 0.6) is 17.2 Å². The van der Waals surface area contributed by atoms with E-state index in [4.69, 9.17) is 14.2 Å². The van der Waals surface area contributed by atoms with Crippen LogP contribution in [0.15, 0.2) is 103 Å². The summed E-state index contributed by atoms with van der Waals surface area (Å²) >= 11 is 0. The van der Waals surface area contributed by atoms with Crippen LogP contribution in [0.1, 0.15) is 16.7 Å². The molecule has 0 aromatic heterocycles. The van der Waals surface area contributed by atoms with Crippen molar-refractivity contribution in [3.05, 3.63) is 120 Å². The molecule has 7 heteroatoms. The largest absolute Gasteiger partial charge is 0.492 e. The average molecular weight is 535 g/mol. The molecule has 5 rings (SSSR count). The van der Waals surface area contributed by atoms with Gasteiger partial charge in [-0.15, -0.1) is 0 Å². The maximum absolute atomic E-state index is 12.5. The molecule has 2 amide bonds. The van der Waals surface area contributed by atoms with Gasteiger partial charge in [-0.2, -0.15) is 0 Å². The van der Waals surface area contributed by atoms with Crippen molar-refractivity contribution in [1.82, 2.24) is 0 Å². The second-order valence-corrected chi connectivity index (χ2v) is 9.34.